The molecule has 0 spiro atoms. The van der Waals surface area contributed by atoms with Gasteiger partial charge in [0.2, 0.25) is 21.9 Å². The van der Waals surface area contributed by atoms with E-state index >= 15 is 0 Å². The lowest BCUT2D eigenvalue weighted by Gasteiger charge is -2.24. The average molecular weight is 489 g/mol. The highest BCUT2D eigenvalue weighted by atomic mass is 35.5. The van der Waals surface area contributed by atoms with Gasteiger partial charge < -0.3 is 22.0 Å². The standard InChI is InChI=1S/C18H22ClFN6O5S/c1-9-6-7-14(25-32(29,30)8-11-12(19)4-3-5-13(11)20)17(28)26(9)15(16(21)27)10(2)31-24-18(22)23/h3-7,10,15,25H,8H2,1-2H3,(H2,21,27)(H4,22,23,24). The Morgan fingerprint density at radius 2 is 1.94 bits per heavy atom. The first kappa shape index (κ1) is 24.9. The van der Waals surface area contributed by atoms with E-state index in [2.05, 4.69) is 9.88 Å². The van der Waals surface area contributed by atoms with Crippen molar-refractivity contribution >= 4 is 39.2 Å². The number of carbonyl (C=O) groups excluding carboxylic acids is 1. The zero-order valence-corrected chi connectivity index (χ0v) is 18.7. The second kappa shape index (κ2) is 9.87. The van der Waals surface area contributed by atoms with Crippen molar-refractivity contribution in [2.75, 3.05) is 4.72 Å². The Morgan fingerprint density at radius 3 is 2.50 bits per heavy atom. The summed E-state index contributed by atoms with van der Waals surface area (Å²) in [5, 5.41) is 3.26. The maximum atomic E-state index is 14.0. The van der Waals surface area contributed by atoms with Gasteiger partial charge in [0.25, 0.3) is 5.56 Å². The topological polar surface area (TPSA) is 185 Å². The Morgan fingerprint density at radius 1 is 1.28 bits per heavy atom. The molecule has 1 heterocycles. The van der Waals surface area contributed by atoms with Crippen molar-refractivity contribution in [1.82, 2.24) is 4.57 Å². The highest BCUT2D eigenvalue weighted by molar-refractivity contribution is 7.91. The molecule has 2 rings (SSSR count). The molecular formula is C18H22ClFN6O5S. The molecule has 1 amide bonds. The average Bonchev–Trinajstić information content (AvgIpc) is 2.68. The van der Waals surface area contributed by atoms with Gasteiger partial charge in [-0.15, -0.1) is 0 Å². The lowest BCUT2D eigenvalue weighted by molar-refractivity contribution is -0.125. The van der Waals surface area contributed by atoms with Crippen LogP contribution in [0.5, 0.6) is 0 Å². The summed E-state index contributed by atoms with van der Waals surface area (Å²) in [6.07, 6.45) is -1.09. The van der Waals surface area contributed by atoms with Gasteiger partial charge in [0.05, 0.1) is 5.75 Å². The summed E-state index contributed by atoms with van der Waals surface area (Å²) >= 11 is 5.89. The fraction of sp³-hybridized carbons (Fsp3) is 0.278. The molecule has 0 saturated heterocycles. The number of nitrogens with two attached hydrogens (primary N) is 3. The zero-order chi connectivity index (χ0) is 24.2. The maximum absolute atomic E-state index is 14.0. The lowest BCUT2D eigenvalue weighted by atomic mass is 10.1. The molecule has 11 nitrogen and oxygen atoms in total. The molecule has 32 heavy (non-hydrogen) atoms. The zero-order valence-electron chi connectivity index (χ0n) is 17.1. The van der Waals surface area contributed by atoms with Gasteiger partial charge in [0, 0.05) is 16.3 Å². The van der Waals surface area contributed by atoms with Gasteiger partial charge in [-0.25, -0.2) is 12.8 Å². The third kappa shape index (κ3) is 5.88. The predicted octanol–water partition coefficient (Wildman–Crippen LogP) is 0.511. The van der Waals surface area contributed by atoms with Crippen molar-refractivity contribution in [3.63, 3.8) is 0 Å². The van der Waals surface area contributed by atoms with Gasteiger partial charge in [0.15, 0.2) is 12.1 Å². The Bertz CT molecular complexity index is 1190. The molecule has 0 fully saturated rings. The normalized spacial score (nSPS) is 13.1. The highest BCUT2D eigenvalue weighted by Gasteiger charge is 2.30. The molecule has 2 atom stereocenters. The van der Waals surface area contributed by atoms with Crippen LogP contribution < -0.4 is 27.5 Å². The quantitative estimate of drug-likeness (QED) is 0.225. The van der Waals surface area contributed by atoms with Crippen molar-refractivity contribution in [3.05, 3.63) is 62.8 Å². The molecule has 0 bridgehead atoms. The molecule has 2 unspecified atom stereocenters. The summed E-state index contributed by atoms with van der Waals surface area (Å²) in [6, 6.07) is 4.94. The van der Waals surface area contributed by atoms with E-state index in [4.69, 9.17) is 33.6 Å². The second-order valence-corrected chi connectivity index (χ2v) is 8.93. The number of amides is 1. The third-order valence-electron chi connectivity index (χ3n) is 4.32. The van der Waals surface area contributed by atoms with Crippen LogP contribution in [-0.4, -0.2) is 31.0 Å². The number of anilines is 1. The largest absolute Gasteiger partial charge is 0.387 e. The van der Waals surface area contributed by atoms with Crippen LogP contribution in [0.15, 0.2) is 40.3 Å². The van der Waals surface area contributed by atoms with Crippen molar-refractivity contribution in [3.8, 4) is 0 Å². The third-order valence-corrected chi connectivity index (χ3v) is 5.87. The molecule has 14 heteroatoms. The van der Waals surface area contributed by atoms with Crippen molar-refractivity contribution in [2.45, 2.75) is 31.7 Å². The number of rotatable bonds is 9. The minimum Gasteiger partial charge on any atom is -0.387 e. The van der Waals surface area contributed by atoms with Gasteiger partial charge in [-0.1, -0.05) is 17.7 Å². The molecule has 1 aromatic heterocycles. The highest BCUT2D eigenvalue weighted by Crippen LogP contribution is 2.23. The Hall–Kier alpha value is -3.32. The molecule has 1 aromatic carbocycles. The van der Waals surface area contributed by atoms with E-state index in [-0.39, 0.29) is 16.3 Å². The van der Waals surface area contributed by atoms with Crippen LogP contribution in [-0.2, 0) is 25.4 Å². The maximum Gasteiger partial charge on any atom is 0.275 e. The monoisotopic (exact) mass is 488 g/mol. The summed E-state index contributed by atoms with van der Waals surface area (Å²) in [6.45, 7) is 2.90. The van der Waals surface area contributed by atoms with E-state index < -0.39 is 56.9 Å². The molecule has 174 valence electrons. The minimum atomic E-state index is -4.26. The summed E-state index contributed by atoms with van der Waals surface area (Å²) in [7, 11) is -4.26. The number of pyridine rings is 1. The van der Waals surface area contributed by atoms with Crippen molar-refractivity contribution in [2.24, 2.45) is 22.4 Å². The number of guanidine groups is 1. The number of sulfonamides is 1. The second-order valence-electron chi connectivity index (χ2n) is 6.80. The van der Waals surface area contributed by atoms with Gasteiger partial charge >= 0.3 is 0 Å². The molecular weight excluding hydrogens is 467 g/mol. The molecule has 0 saturated carbocycles. The Kier molecular flexibility index (Phi) is 7.69. The summed E-state index contributed by atoms with van der Waals surface area (Å²) in [5.74, 6) is -3.01. The summed E-state index contributed by atoms with van der Waals surface area (Å²) in [4.78, 5) is 30.1. The van der Waals surface area contributed by atoms with Crippen molar-refractivity contribution in [1.29, 1.82) is 0 Å². The summed E-state index contributed by atoms with van der Waals surface area (Å²) < 4.78 is 42.2. The first-order chi connectivity index (χ1) is 14.8. The van der Waals surface area contributed by atoms with Crippen LogP contribution in [0.25, 0.3) is 0 Å². The number of carbonyl (C=O) groups is 1. The van der Waals surface area contributed by atoms with Gasteiger partial charge in [0.1, 0.15) is 11.5 Å². The Balaban J connectivity index is 2.45. The Labute approximate surface area is 188 Å². The van der Waals surface area contributed by atoms with E-state index in [1.54, 1.807) is 0 Å². The van der Waals surface area contributed by atoms with E-state index in [1.807, 2.05) is 0 Å². The molecule has 7 N–H and O–H groups in total. The number of benzene rings is 1. The van der Waals surface area contributed by atoms with Gasteiger partial charge in [-0.05, 0) is 43.3 Å². The fourth-order valence-corrected chi connectivity index (χ4v) is 4.45. The number of hydrogen-bond donors (Lipinski definition) is 4. The van der Waals surface area contributed by atoms with Crippen LogP contribution in [0.2, 0.25) is 5.02 Å². The number of aryl methyl sites for hydroxylation is 1. The molecule has 0 radical (unpaired) electrons. The predicted molar refractivity (Wildman–Crippen MR) is 118 cm³/mol. The van der Waals surface area contributed by atoms with Crippen LogP contribution >= 0.6 is 11.6 Å². The summed E-state index contributed by atoms with van der Waals surface area (Å²) in [5.41, 5.74) is 14.6. The van der Waals surface area contributed by atoms with Crippen LogP contribution in [0.4, 0.5) is 10.1 Å². The number of nitrogens with zero attached hydrogens (tertiary/aromatic N) is 2. The van der Waals surface area contributed by atoms with Crippen molar-refractivity contribution < 1.29 is 22.4 Å². The number of oxime groups is 1. The first-order valence-corrected chi connectivity index (χ1v) is 11.1. The van der Waals surface area contributed by atoms with E-state index in [0.29, 0.717) is 0 Å². The fourth-order valence-electron chi connectivity index (χ4n) is 2.90. The van der Waals surface area contributed by atoms with Crippen LogP contribution in [0.1, 0.15) is 24.2 Å². The molecule has 0 aliphatic heterocycles. The minimum absolute atomic E-state index is 0.0869. The SMILES string of the molecule is Cc1ccc(NS(=O)(=O)Cc2c(F)cccc2Cl)c(=O)n1C(C(N)=O)C(C)ON=C(N)N. The number of halogens is 2. The van der Waals surface area contributed by atoms with Gasteiger partial charge in [-0.2, -0.15) is 0 Å². The number of primary amides is 1. The smallest absolute Gasteiger partial charge is 0.275 e. The van der Waals surface area contributed by atoms with Gasteiger partial charge in [-0.3, -0.25) is 18.9 Å². The van der Waals surface area contributed by atoms with Crippen LogP contribution in [0, 0.1) is 12.7 Å². The van der Waals surface area contributed by atoms with E-state index in [1.165, 1.54) is 38.1 Å². The molecule has 0 aliphatic carbocycles. The number of aromatic nitrogens is 1. The van der Waals surface area contributed by atoms with E-state index in [9.17, 15) is 22.4 Å². The lowest BCUT2D eigenvalue weighted by Crippen LogP contribution is -2.42. The molecule has 0 aliphatic rings. The van der Waals surface area contributed by atoms with E-state index in [0.717, 1.165) is 10.6 Å². The van der Waals surface area contributed by atoms with Crippen LogP contribution in [0.3, 0.4) is 0 Å². The molecule has 2 aromatic rings. The number of nitrogens with one attached hydrogen (secondary N) is 1. The first-order valence-electron chi connectivity index (χ1n) is 9.03. The number of hydrogen-bond acceptors (Lipinski definition) is 6.